The van der Waals surface area contributed by atoms with E-state index in [2.05, 4.69) is 5.32 Å². The molecule has 1 N–H and O–H groups in total. The Labute approximate surface area is 145 Å². The first-order chi connectivity index (χ1) is 11.5. The molecule has 1 amide bonds. The summed E-state index contributed by atoms with van der Waals surface area (Å²) in [5.74, 6) is -0.968. The van der Waals surface area contributed by atoms with Gasteiger partial charge in [0.1, 0.15) is 5.82 Å². The summed E-state index contributed by atoms with van der Waals surface area (Å²) in [5.41, 5.74) is 0.371. The molecule has 10 heteroatoms. The molecule has 0 aliphatic heterocycles. The van der Waals surface area contributed by atoms with Crippen molar-refractivity contribution in [2.45, 2.75) is 16.7 Å². The Balaban J connectivity index is 2.37. The Morgan fingerprint density at radius 2 is 1.28 bits per heavy atom. The molecule has 134 valence electrons. The van der Waals surface area contributed by atoms with Gasteiger partial charge in [-0.2, -0.15) is 0 Å². The number of amides is 1. The molecule has 2 rings (SSSR count). The van der Waals surface area contributed by atoms with Crippen molar-refractivity contribution < 1.29 is 26.0 Å². The van der Waals surface area contributed by atoms with Crippen molar-refractivity contribution in [3.8, 4) is 0 Å². The summed E-state index contributed by atoms with van der Waals surface area (Å²) in [7, 11) is -7.84. The van der Waals surface area contributed by atoms with Crippen LogP contribution in [0.4, 0.5) is 10.1 Å². The highest BCUT2D eigenvalue weighted by molar-refractivity contribution is 8.04. The second-order valence-electron chi connectivity index (χ2n) is 5.05. The Kier molecular flexibility index (Phi) is 5.26. The zero-order valence-electron chi connectivity index (χ0n) is 13.3. The highest BCUT2D eigenvalue weighted by atomic mass is 32.3. The van der Waals surface area contributed by atoms with E-state index in [1.807, 2.05) is 0 Å². The highest BCUT2D eigenvalue weighted by Gasteiger charge is 2.33. The molecule has 0 bridgehead atoms. The molecular weight excluding hydrogens is 371 g/mol. The van der Waals surface area contributed by atoms with Gasteiger partial charge < -0.3 is 5.32 Å². The van der Waals surface area contributed by atoms with Crippen molar-refractivity contribution in [1.29, 1.82) is 0 Å². The lowest BCUT2D eigenvalue weighted by molar-refractivity contribution is -0.114. The number of benzene rings is 2. The lowest BCUT2D eigenvalue weighted by Crippen LogP contribution is -2.33. The van der Waals surface area contributed by atoms with Gasteiger partial charge in [0.25, 0.3) is 20.0 Å². The number of rotatable bonds is 5. The van der Waals surface area contributed by atoms with Crippen LogP contribution in [0.25, 0.3) is 0 Å². The quantitative estimate of drug-likeness (QED) is 0.844. The minimum absolute atomic E-state index is 0.223. The first-order valence-electron chi connectivity index (χ1n) is 6.92. The number of nitrogens with one attached hydrogen (secondary N) is 1. The van der Waals surface area contributed by atoms with Gasteiger partial charge in [0, 0.05) is 19.7 Å². The van der Waals surface area contributed by atoms with Crippen molar-refractivity contribution in [1.82, 2.24) is 3.71 Å². The Hall–Kier alpha value is -2.30. The topological polar surface area (TPSA) is 101 Å². The van der Waals surface area contributed by atoms with Crippen LogP contribution in [0.1, 0.15) is 6.92 Å². The van der Waals surface area contributed by atoms with Crippen LogP contribution >= 0.6 is 0 Å². The van der Waals surface area contributed by atoms with Crippen molar-refractivity contribution in [2.75, 3.05) is 12.4 Å². The molecule has 2 aromatic rings. The second kappa shape index (κ2) is 6.90. The van der Waals surface area contributed by atoms with Gasteiger partial charge in [-0.05, 0) is 48.5 Å². The molecule has 0 aromatic heterocycles. The zero-order chi connectivity index (χ0) is 18.8. The summed E-state index contributed by atoms with van der Waals surface area (Å²) in [6.07, 6.45) is 0. The number of sulfonamides is 2. The third-order valence-electron chi connectivity index (χ3n) is 3.26. The summed E-state index contributed by atoms with van der Waals surface area (Å²) in [6.45, 7) is 1.30. The number of hydrogen-bond donors (Lipinski definition) is 1. The fourth-order valence-corrected chi connectivity index (χ4v) is 5.05. The second-order valence-corrected chi connectivity index (χ2v) is 9.22. The van der Waals surface area contributed by atoms with Crippen LogP contribution in [-0.4, -0.2) is 33.5 Å². The lowest BCUT2D eigenvalue weighted by Gasteiger charge is -2.17. The molecule has 25 heavy (non-hydrogen) atoms. The molecule has 0 unspecified atom stereocenters. The van der Waals surface area contributed by atoms with Crippen molar-refractivity contribution >= 4 is 31.6 Å². The summed E-state index contributed by atoms with van der Waals surface area (Å²) in [6, 6.07) is 8.85. The van der Waals surface area contributed by atoms with Gasteiger partial charge in [-0.15, -0.1) is 0 Å². The molecule has 0 spiro atoms. The van der Waals surface area contributed by atoms with Gasteiger partial charge in [0.15, 0.2) is 0 Å². The van der Waals surface area contributed by atoms with Crippen molar-refractivity contribution in [3.63, 3.8) is 0 Å². The van der Waals surface area contributed by atoms with Crippen LogP contribution < -0.4 is 5.32 Å². The summed E-state index contributed by atoms with van der Waals surface area (Å²) in [4.78, 5) is 10.4. The van der Waals surface area contributed by atoms with E-state index < -0.39 is 25.9 Å². The zero-order valence-corrected chi connectivity index (χ0v) is 14.9. The van der Waals surface area contributed by atoms with E-state index in [4.69, 9.17) is 0 Å². The van der Waals surface area contributed by atoms with Crippen LogP contribution in [-0.2, 0) is 24.8 Å². The number of nitrogens with zero attached hydrogens (tertiary/aromatic N) is 1. The predicted molar refractivity (Wildman–Crippen MR) is 89.3 cm³/mol. The van der Waals surface area contributed by atoms with Gasteiger partial charge >= 0.3 is 0 Å². The first kappa shape index (κ1) is 19.0. The van der Waals surface area contributed by atoms with E-state index in [1.165, 1.54) is 31.2 Å². The van der Waals surface area contributed by atoms with Gasteiger partial charge in [-0.3, -0.25) is 4.79 Å². The molecule has 0 aliphatic carbocycles. The maximum atomic E-state index is 12.9. The molecule has 0 radical (unpaired) electrons. The Morgan fingerprint density at radius 3 is 1.68 bits per heavy atom. The number of carbonyl (C=O) groups excluding carboxylic acids is 1. The van der Waals surface area contributed by atoms with E-state index >= 15 is 0 Å². The van der Waals surface area contributed by atoms with Gasteiger partial charge in [-0.1, -0.05) is 3.71 Å². The molecular formula is C15H15FN2O5S2. The molecule has 0 saturated heterocycles. The van der Waals surface area contributed by atoms with E-state index in [-0.39, 0.29) is 19.4 Å². The molecule has 7 nitrogen and oxygen atoms in total. The average Bonchev–Trinajstić information content (AvgIpc) is 2.54. The fraction of sp³-hybridized carbons (Fsp3) is 0.133. The number of anilines is 1. The predicted octanol–water partition coefficient (Wildman–Crippen LogP) is 1.79. The smallest absolute Gasteiger partial charge is 0.256 e. The standard InChI is InChI=1S/C15H15FN2O5S2/c1-11(19)17-13-5-9-15(10-6-13)25(22,23)18(2)24(20,21)14-7-3-12(16)4-8-14/h3-10H,1-2H3,(H,17,19). The van der Waals surface area contributed by atoms with Crippen molar-refractivity contribution in [2.24, 2.45) is 0 Å². The Bertz CT molecular complexity index is 985. The van der Waals surface area contributed by atoms with Crippen LogP contribution in [0.2, 0.25) is 0 Å². The van der Waals surface area contributed by atoms with E-state index in [0.29, 0.717) is 5.69 Å². The molecule has 0 heterocycles. The van der Waals surface area contributed by atoms with E-state index in [1.54, 1.807) is 0 Å². The maximum absolute atomic E-state index is 12.9. The molecule has 0 aliphatic rings. The largest absolute Gasteiger partial charge is 0.326 e. The SMILES string of the molecule is CC(=O)Nc1ccc(S(=O)(=O)N(C)S(=O)(=O)c2ccc(F)cc2)cc1. The van der Waals surface area contributed by atoms with Crippen molar-refractivity contribution in [3.05, 3.63) is 54.3 Å². The number of halogens is 1. The third-order valence-corrected chi connectivity index (χ3v) is 7.53. The summed E-state index contributed by atoms with van der Waals surface area (Å²) >= 11 is 0. The normalized spacial score (nSPS) is 12.2. The minimum Gasteiger partial charge on any atom is -0.326 e. The third kappa shape index (κ3) is 4.03. The first-order valence-corrected chi connectivity index (χ1v) is 9.80. The molecule has 0 fully saturated rings. The summed E-state index contributed by atoms with van der Waals surface area (Å²) < 4.78 is 63.1. The van der Waals surface area contributed by atoms with E-state index in [9.17, 15) is 26.0 Å². The van der Waals surface area contributed by atoms with Crippen LogP contribution in [0.15, 0.2) is 58.3 Å². The summed E-state index contributed by atoms with van der Waals surface area (Å²) in [5, 5.41) is 2.47. The molecule has 0 saturated carbocycles. The number of carbonyl (C=O) groups is 1. The average molecular weight is 386 g/mol. The lowest BCUT2D eigenvalue weighted by atomic mass is 10.3. The maximum Gasteiger partial charge on any atom is 0.256 e. The molecule has 0 atom stereocenters. The molecule has 2 aromatic carbocycles. The highest BCUT2D eigenvalue weighted by Crippen LogP contribution is 2.23. The minimum atomic E-state index is -4.38. The van der Waals surface area contributed by atoms with Crippen LogP contribution in [0.3, 0.4) is 0 Å². The number of hydrogen-bond acceptors (Lipinski definition) is 5. The van der Waals surface area contributed by atoms with Crippen LogP contribution in [0, 0.1) is 5.82 Å². The van der Waals surface area contributed by atoms with Gasteiger partial charge in [0.05, 0.1) is 9.79 Å². The van der Waals surface area contributed by atoms with E-state index in [0.717, 1.165) is 31.3 Å². The van der Waals surface area contributed by atoms with Crippen LogP contribution in [0.5, 0.6) is 0 Å². The van der Waals surface area contributed by atoms with Gasteiger partial charge in [0.2, 0.25) is 5.91 Å². The Morgan fingerprint density at radius 1 is 0.880 bits per heavy atom. The fourth-order valence-electron chi connectivity index (χ4n) is 1.95. The van der Waals surface area contributed by atoms with Gasteiger partial charge in [-0.25, -0.2) is 21.2 Å². The monoisotopic (exact) mass is 386 g/mol.